The maximum atomic E-state index is 8.99. The number of nitriles is 1. The van der Waals surface area contributed by atoms with Gasteiger partial charge in [-0.1, -0.05) is 0 Å². The molecule has 19 heavy (non-hydrogen) atoms. The molecule has 0 radical (unpaired) electrons. The van der Waals surface area contributed by atoms with Crippen molar-refractivity contribution in [3.05, 3.63) is 23.8 Å². The zero-order valence-corrected chi connectivity index (χ0v) is 11.6. The predicted octanol–water partition coefficient (Wildman–Crippen LogP) is 2.00. The number of anilines is 1. The molecule has 1 aromatic heterocycles. The van der Waals surface area contributed by atoms with Crippen LogP contribution in [0.5, 0.6) is 0 Å². The summed E-state index contributed by atoms with van der Waals surface area (Å²) in [6.07, 6.45) is 0.986. The number of rotatable bonds is 4. The van der Waals surface area contributed by atoms with Crippen molar-refractivity contribution in [2.75, 3.05) is 26.4 Å². The molecule has 0 spiro atoms. The molecule has 1 heterocycles. The monoisotopic (exact) mass is 257 g/mol. The van der Waals surface area contributed by atoms with Crippen LogP contribution in [-0.4, -0.2) is 35.1 Å². The number of nitrogens with zero attached hydrogens (tertiary/aromatic N) is 4. The maximum Gasteiger partial charge on any atom is 0.201 e. The van der Waals surface area contributed by atoms with E-state index >= 15 is 0 Å². The van der Waals surface area contributed by atoms with Crippen LogP contribution in [0.4, 0.5) is 5.95 Å². The van der Waals surface area contributed by atoms with Crippen LogP contribution in [0.25, 0.3) is 11.0 Å². The van der Waals surface area contributed by atoms with E-state index in [2.05, 4.69) is 37.0 Å². The number of nitrogens with two attached hydrogens (primary N) is 1. The van der Waals surface area contributed by atoms with Crippen molar-refractivity contribution in [2.45, 2.75) is 19.4 Å². The van der Waals surface area contributed by atoms with E-state index in [4.69, 9.17) is 11.0 Å². The van der Waals surface area contributed by atoms with Crippen LogP contribution in [0.15, 0.2) is 18.2 Å². The van der Waals surface area contributed by atoms with E-state index in [-0.39, 0.29) is 6.04 Å². The summed E-state index contributed by atoms with van der Waals surface area (Å²) < 4.78 is 2.01. The van der Waals surface area contributed by atoms with Gasteiger partial charge in [-0.2, -0.15) is 5.26 Å². The minimum Gasteiger partial charge on any atom is -0.369 e. The van der Waals surface area contributed by atoms with Gasteiger partial charge in [0, 0.05) is 6.04 Å². The fraction of sp³-hybridized carbons (Fsp3) is 0.429. The molecule has 0 aliphatic heterocycles. The minimum atomic E-state index is 0.251. The van der Waals surface area contributed by atoms with Crippen molar-refractivity contribution >= 4 is 17.0 Å². The van der Waals surface area contributed by atoms with Gasteiger partial charge in [0.25, 0.3) is 0 Å². The summed E-state index contributed by atoms with van der Waals surface area (Å²) >= 11 is 0. The van der Waals surface area contributed by atoms with Gasteiger partial charge in [0.2, 0.25) is 5.95 Å². The van der Waals surface area contributed by atoms with Crippen molar-refractivity contribution in [1.29, 1.82) is 5.26 Å². The molecule has 1 atom stereocenters. The molecule has 0 fully saturated rings. The molecule has 0 bridgehead atoms. The second-order valence-corrected chi connectivity index (χ2v) is 5.10. The molecule has 100 valence electrons. The molecule has 2 rings (SSSR count). The first-order valence-electron chi connectivity index (χ1n) is 6.35. The fourth-order valence-corrected chi connectivity index (χ4v) is 2.22. The predicted molar refractivity (Wildman–Crippen MR) is 76.7 cm³/mol. The van der Waals surface area contributed by atoms with Gasteiger partial charge < -0.3 is 15.2 Å². The van der Waals surface area contributed by atoms with E-state index in [1.54, 1.807) is 6.07 Å². The molecule has 0 saturated heterocycles. The van der Waals surface area contributed by atoms with E-state index in [0.717, 1.165) is 24.0 Å². The minimum absolute atomic E-state index is 0.251. The van der Waals surface area contributed by atoms with Crippen LogP contribution in [0.1, 0.15) is 24.9 Å². The van der Waals surface area contributed by atoms with Crippen LogP contribution in [0, 0.1) is 11.3 Å². The van der Waals surface area contributed by atoms with Gasteiger partial charge in [-0.05, 0) is 52.2 Å². The van der Waals surface area contributed by atoms with E-state index in [9.17, 15) is 0 Å². The van der Waals surface area contributed by atoms with Crippen LogP contribution >= 0.6 is 0 Å². The summed E-state index contributed by atoms with van der Waals surface area (Å²) in [5, 5.41) is 8.99. The normalized spacial score (nSPS) is 12.8. The van der Waals surface area contributed by atoms with Crippen LogP contribution in [-0.2, 0) is 0 Å². The molecular weight excluding hydrogens is 238 g/mol. The van der Waals surface area contributed by atoms with Gasteiger partial charge in [0.15, 0.2) is 0 Å². The maximum absolute atomic E-state index is 8.99. The zero-order chi connectivity index (χ0) is 14.0. The molecule has 1 aromatic carbocycles. The smallest absolute Gasteiger partial charge is 0.201 e. The Hall–Kier alpha value is -2.06. The quantitative estimate of drug-likeness (QED) is 0.909. The van der Waals surface area contributed by atoms with Gasteiger partial charge in [-0.15, -0.1) is 0 Å². The Labute approximate surface area is 113 Å². The van der Waals surface area contributed by atoms with E-state index in [0.29, 0.717) is 11.5 Å². The molecule has 2 N–H and O–H groups in total. The lowest BCUT2D eigenvalue weighted by Crippen LogP contribution is -2.18. The first-order chi connectivity index (χ1) is 9.02. The Bertz CT molecular complexity index is 621. The summed E-state index contributed by atoms with van der Waals surface area (Å²) in [6, 6.07) is 7.87. The third kappa shape index (κ3) is 2.69. The zero-order valence-electron chi connectivity index (χ0n) is 11.6. The third-order valence-corrected chi connectivity index (χ3v) is 3.28. The molecule has 5 nitrogen and oxygen atoms in total. The van der Waals surface area contributed by atoms with Gasteiger partial charge in [0.05, 0.1) is 22.7 Å². The van der Waals surface area contributed by atoms with Crippen LogP contribution in [0.3, 0.4) is 0 Å². The highest BCUT2D eigenvalue weighted by Gasteiger charge is 2.14. The summed E-state index contributed by atoms with van der Waals surface area (Å²) in [7, 11) is 4.10. The molecule has 0 aliphatic rings. The average molecular weight is 257 g/mol. The number of hydrogen-bond donors (Lipinski definition) is 1. The highest BCUT2D eigenvalue weighted by atomic mass is 15.2. The lowest BCUT2D eigenvalue weighted by atomic mass is 10.2. The van der Waals surface area contributed by atoms with Crippen molar-refractivity contribution < 1.29 is 0 Å². The van der Waals surface area contributed by atoms with Gasteiger partial charge >= 0.3 is 0 Å². The number of nitrogen functional groups attached to an aromatic ring is 1. The number of aromatic nitrogens is 2. The highest BCUT2D eigenvalue weighted by molar-refractivity contribution is 5.80. The molecule has 0 amide bonds. The van der Waals surface area contributed by atoms with Crippen molar-refractivity contribution in [3.8, 4) is 6.07 Å². The van der Waals surface area contributed by atoms with Crippen molar-refractivity contribution in [3.63, 3.8) is 0 Å². The lowest BCUT2D eigenvalue weighted by Gasteiger charge is -2.18. The Morgan fingerprint density at radius 1 is 1.47 bits per heavy atom. The topological polar surface area (TPSA) is 70.9 Å². The second-order valence-electron chi connectivity index (χ2n) is 5.10. The Morgan fingerprint density at radius 2 is 2.21 bits per heavy atom. The average Bonchev–Trinajstić information content (AvgIpc) is 2.70. The summed E-state index contributed by atoms with van der Waals surface area (Å²) in [5.41, 5.74) is 8.41. The first kappa shape index (κ1) is 13.4. The highest BCUT2D eigenvalue weighted by Crippen LogP contribution is 2.25. The van der Waals surface area contributed by atoms with Gasteiger partial charge in [-0.3, -0.25) is 0 Å². The lowest BCUT2D eigenvalue weighted by molar-refractivity contribution is 0.362. The van der Waals surface area contributed by atoms with Crippen molar-refractivity contribution in [1.82, 2.24) is 14.5 Å². The first-order valence-corrected chi connectivity index (χ1v) is 6.35. The Morgan fingerprint density at radius 3 is 2.84 bits per heavy atom. The molecule has 0 saturated carbocycles. The summed E-state index contributed by atoms with van der Waals surface area (Å²) in [6.45, 7) is 3.11. The SMILES string of the molecule is CC(CCN(C)C)n1c(N)nc2ccc(C#N)cc21. The number of hydrogen-bond acceptors (Lipinski definition) is 4. The standard InChI is InChI=1S/C14H19N5/c1-10(6-7-18(2)3)19-13-8-11(9-15)4-5-12(13)17-14(19)16/h4-5,8,10H,6-7H2,1-3H3,(H2,16,17). The van der Waals surface area contributed by atoms with E-state index in [1.165, 1.54) is 0 Å². The Kier molecular flexibility index (Phi) is 3.72. The fourth-order valence-electron chi connectivity index (χ4n) is 2.22. The van der Waals surface area contributed by atoms with Crippen LogP contribution < -0.4 is 5.73 Å². The second kappa shape index (κ2) is 5.29. The molecule has 1 unspecified atom stereocenters. The molecule has 2 aromatic rings. The summed E-state index contributed by atoms with van der Waals surface area (Å²) in [4.78, 5) is 6.50. The van der Waals surface area contributed by atoms with Gasteiger partial charge in [-0.25, -0.2) is 4.98 Å². The Balaban J connectivity index is 2.41. The summed E-state index contributed by atoms with van der Waals surface area (Å²) in [5.74, 6) is 0.511. The largest absolute Gasteiger partial charge is 0.369 e. The molecule has 0 aliphatic carbocycles. The van der Waals surface area contributed by atoms with Crippen LogP contribution in [0.2, 0.25) is 0 Å². The van der Waals surface area contributed by atoms with E-state index < -0.39 is 0 Å². The molecule has 5 heteroatoms. The van der Waals surface area contributed by atoms with Crippen molar-refractivity contribution in [2.24, 2.45) is 0 Å². The number of benzene rings is 1. The molecular formula is C14H19N5. The van der Waals surface area contributed by atoms with E-state index in [1.807, 2.05) is 16.7 Å². The number of fused-ring (bicyclic) bond motifs is 1. The number of imidazole rings is 1. The van der Waals surface area contributed by atoms with Gasteiger partial charge in [0.1, 0.15) is 0 Å². The third-order valence-electron chi connectivity index (χ3n) is 3.28.